The Morgan fingerprint density at radius 1 is 0.920 bits per heavy atom. The first kappa shape index (κ1) is 14.8. The van der Waals surface area contributed by atoms with Gasteiger partial charge in [0.1, 0.15) is 0 Å². The van der Waals surface area contributed by atoms with Gasteiger partial charge >= 0.3 is 0 Å². The van der Waals surface area contributed by atoms with Crippen molar-refractivity contribution in [3.8, 4) is 17.2 Å². The number of hydrogen-bond acceptors (Lipinski definition) is 4. The maximum absolute atomic E-state index is 12.3. The Balaban J connectivity index is 1.73. The summed E-state index contributed by atoms with van der Waals surface area (Å²) in [5.41, 5.74) is 5.32. The molecule has 25 heavy (non-hydrogen) atoms. The molecule has 3 aromatic rings. The Hall–Kier alpha value is -3.78. The zero-order chi connectivity index (χ0) is 17.2. The molecule has 0 bridgehead atoms. The van der Waals surface area contributed by atoms with Gasteiger partial charge in [-0.2, -0.15) is 5.26 Å². The number of carbonyl (C=O) groups excluding carboxylic acids is 1. The quantitative estimate of drug-likeness (QED) is 0.738. The lowest BCUT2D eigenvalue weighted by Gasteiger charge is -2.12. The van der Waals surface area contributed by atoms with E-state index in [4.69, 9.17) is 9.68 Å². The fourth-order valence-electron chi connectivity index (χ4n) is 2.76. The smallest absolute Gasteiger partial charge is 0.250 e. The second-order valence-electron chi connectivity index (χ2n) is 5.64. The third kappa shape index (κ3) is 2.89. The molecule has 1 aromatic heterocycles. The Morgan fingerprint density at radius 3 is 2.64 bits per heavy atom. The lowest BCUT2D eigenvalue weighted by molar-refractivity contribution is -0.111. The molecule has 120 valence electrons. The predicted molar refractivity (Wildman–Crippen MR) is 95.5 cm³/mol. The van der Waals surface area contributed by atoms with Crippen LogP contribution in [0.25, 0.3) is 16.8 Å². The Bertz CT molecular complexity index is 1030. The number of hydrogen-bond donors (Lipinski definition) is 2. The van der Waals surface area contributed by atoms with Crippen LogP contribution in [-0.4, -0.2) is 5.91 Å². The minimum absolute atomic E-state index is 0.229. The van der Waals surface area contributed by atoms with Crippen molar-refractivity contribution in [2.24, 2.45) is 0 Å². The van der Waals surface area contributed by atoms with Crippen LogP contribution in [0.15, 0.2) is 71.6 Å². The van der Waals surface area contributed by atoms with Crippen LogP contribution in [0.3, 0.4) is 0 Å². The molecule has 2 heterocycles. The van der Waals surface area contributed by atoms with E-state index in [0.29, 0.717) is 16.9 Å². The van der Waals surface area contributed by atoms with Crippen LogP contribution >= 0.6 is 0 Å². The Kier molecular flexibility index (Phi) is 3.56. The zero-order valence-electron chi connectivity index (χ0n) is 13.1. The molecule has 2 N–H and O–H groups in total. The Morgan fingerprint density at radius 2 is 1.84 bits per heavy atom. The number of rotatable bonds is 2. The normalized spacial score (nSPS) is 12.9. The number of anilines is 2. The average Bonchev–Trinajstić information content (AvgIpc) is 3.11. The summed E-state index contributed by atoms with van der Waals surface area (Å²) in [6, 6.07) is 16.9. The number of nitrogens with zero attached hydrogens (tertiary/aromatic N) is 1. The number of furan rings is 1. The Labute approximate surface area is 144 Å². The third-order valence-corrected chi connectivity index (χ3v) is 3.98. The van der Waals surface area contributed by atoms with E-state index in [1.807, 2.05) is 30.3 Å². The van der Waals surface area contributed by atoms with Crippen molar-refractivity contribution in [3.63, 3.8) is 0 Å². The molecule has 5 nitrogen and oxygen atoms in total. The summed E-state index contributed by atoms with van der Waals surface area (Å²) in [6.07, 6.45) is 4.76. The van der Waals surface area contributed by atoms with Gasteiger partial charge in [0.2, 0.25) is 0 Å². The predicted octanol–water partition coefficient (Wildman–Crippen LogP) is 4.22. The van der Waals surface area contributed by atoms with Gasteiger partial charge in [0.25, 0.3) is 5.91 Å². The first-order valence-electron chi connectivity index (χ1n) is 7.70. The van der Waals surface area contributed by atoms with Crippen LogP contribution in [0.2, 0.25) is 0 Å². The molecule has 0 saturated heterocycles. The van der Waals surface area contributed by atoms with Gasteiger partial charge in [-0.05, 0) is 41.5 Å². The topological polar surface area (TPSA) is 78.1 Å². The lowest BCUT2D eigenvalue weighted by Crippen LogP contribution is -2.07. The molecule has 5 heteroatoms. The average molecular weight is 327 g/mol. The van der Waals surface area contributed by atoms with E-state index in [2.05, 4.69) is 16.7 Å². The van der Waals surface area contributed by atoms with E-state index in [-0.39, 0.29) is 5.91 Å². The van der Waals surface area contributed by atoms with E-state index in [9.17, 15) is 4.79 Å². The minimum atomic E-state index is -0.229. The number of fused-ring (bicyclic) bond motifs is 1. The van der Waals surface area contributed by atoms with Crippen LogP contribution in [0, 0.1) is 11.3 Å². The summed E-state index contributed by atoms with van der Waals surface area (Å²) < 4.78 is 5.12. The van der Waals surface area contributed by atoms with Gasteiger partial charge < -0.3 is 15.1 Å². The van der Waals surface area contributed by atoms with Crippen molar-refractivity contribution in [2.45, 2.75) is 0 Å². The van der Waals surface area contributed by atoms with Gasteiger partial charge in [-0.15, -0.1) is 0 Å². The maximum Gasteiger partial charge on any atom is 0.250 e. The highest BCUT2D eigenvalue weighted by Crippen LogP contribution is 2.33. The van der Waals surface area contributed by atoms with Crippen molar-refractivity contribution >= 4 is 23.0 Å². The molecule has 0 radical (unpaired) electrons. The molecule has 0 fully saturated rings. The van der Waals surface area contributed by atoms with E-state index >= 15 is 0 Å². The maximum atomic E-state index is 12.3. The molecule has 0 unspecified atom stereocenters. The SMILES string of the molecule is N#Cc1cccc(C2=CC(=O)Nc3cc(-c4ccoc4)ccc3N2)c1. The van der Waals surface area contributed by atoms with Crippen LogP contribution in [0.4, 0.5) is 11.4 Å². The number of nitriles is 1. The van der Waals surface area contributed by atoms with Crippen LogP contribution in [0.1, 0.15) is 11.1 Å². The highest BCUT2D eigenvalue weighted by Gasteiger charge is 2.16. The number of nitrogens with one attached hydrogen (secondary N) is 2. The molecule has 1 amide bonds. The van der Waals surface area contributed by atoms with Crippen molar-refractivity contribution in [1.29, 1.82) is 5.26 Å². The first-order chi connectivity index (χ1) is 12.2. The van der Waals surface area contributed by atoms with Gasteiger partial charge in [-0.3, -0.25) is 4.79 Å². The summed E-state index contributed by atoms with van der Waals surface area (Å²) in [4.78, 5) is 12.3. The van der Waals surface area contributed by atoms with E-state index in [0.717, 1.165) is 22.4 Å². The van der Waals surface area contributed by atoms with Crippen molar-refractivity contribution in [2.75, 3.05) is 10.6 Å². The van der Waals surface area contributed by atoms with E-state index in [1.165, 1.54) is 6.08 Å². The molecule has 2 aromatic carbocycles. The second-order valence-corrected chi connectivity index (χ2v) is 5.64. The number of benzene rings is 2. The summed E-state index contributed by atoms with van der Waals surface area (Å²) >= 11 is 0. The molecule has 1 aliphatic heterocycles. The minimum Gasteiger partial charge on any atom is -0.472 e. The van der Waals surface area contributed by atoms with Gasteiger partial charge in [-0.25, -0.2) is 0 Å². The molecule has 4 rings (SSSR count). The fraction of sp³-hybridized carbons (Fsp3) is 0. The fourth-order valence-corrected chi connectivity index (χ4v) is 2.76. The molecular formula is C20H13N3O2. The molecule has 0 atom stereocenters. The lowest BCUT2D eigenvalue weighted by atomic mass is 10.1. The highest BCUT2D eigenvalue weighted by atomic mass is 16.3. The number of carbonyl (C=O) groups is 1. The van der Waals surface area contributed by atoms with Gasteiger partial charge in [-0.1, -0.05) is 18.2 Å². The molecule has 0 saturated carbocycles. The molecular weight excluding hydrogens is 314 g/mol. The van der Waals surface area contributed by atoms with E-state index < -0.39 is 0 Å². The largest absolute Gasteiger partial charge is 0.472 e. The summed E-state index contributed by atoms with van der Waals surface area (Å²) in [5.74, 6) is -0.229. The van der Waals surface area contributed by atoms with Crippen molar-refractivity contribution in [1.82, 2.24) is 0 Å². The van der Waals surface area contributed by atoms with E-state index in [1.54, 1.807) is 30.7 Å². The zero-order valence-corrected chi connectivity index (χ0v) is 13.1. The van der Waals surface area contributed by atoms with Crippen molar-refractivity contribution in [3.05, 3.63) is 78.3 Å². The molecule has 1 aliphatic rings. The molecule has 0 spiro atoms. The monoisotopic (exact) mass is 327 g/mol. The van der Waals surface area contributed by atoms with Crippen LogP contribution in [-0.2, 0) is 4.79 Å². The molecule has 0 aliphatic carbocycles. The number of amides is 1. The van der Waals surface area contributed by atoms with Gasteiger partial charge in [0.05, 0.1) is 41.2 Å². The second kappa shape index (κ2) is 6.02. The summed E-state index contributed by atoms with van der Waals surface area (Å²) in [6.45, 7) is 0. The van der Waals surface area contributed by atoms with Gasteiger partial charge in [0, 0.05) is 11.6 Å². The standard InChI is InChI=1S/C20H13N3O2/c21-11-13-2-1-3-15(8-13)18-10-20(24)23-19-9-14(4-5-17(19)22-18)16-6-7-25-12-16/h1-10,12,22H,(H,23,24). The van der Waals surface area contributed by atoms with Crippen LogP contribution < -0.4 is 10.6 Å². The van der Waals surface area contributed by atoms with Crippen LogP contribution in [0.5, 0.6) is 0 Å². The summed E-state index contributed by atoms with van der Waals surface area (Å²) in [5, 5.41) is 15.2. The highest BCUT2D eigenvalue weighted by molar-refractivity contribution is 6.10. The summed E-state index contributed by atoms with van der Waals surface area (Å²) in [7, 11) is 0. The first-order valence-corrected chi connectivity index (χ1v) is 7.70. The van der Waals surface area contributed by atoms with Crippen molar-refractivity contribution < 1.29 is 9.21 Å². The van der Waals surface area contributed by atoms with Gasteiger partial charge in [0.15, 0.2) is 0 Å². The third-order valence-electron chi connectivity index (χ3n) is 3.98.